The first-order chi connectivity index (χ1) is 8.08. The number of pyridine rings is 1. The van der Waals surface area contributed by atoms with Crippen LogP contribution in [0.25, 0.3) is 0 Å². The number of halogens is 2. The monoisotopic (exact) mass is 258 g/mol. The Labute approximate surface area is 105 Å². The normalized spacial score (nSPS) is 10.6. The second-order valence-corrected chi connectivity index (χ2v) is 4.24. The number of carbonyl (C=O) groups excluding carboxylic acids is 1. The number of nitrogens with one attached hydrogen (secondary N) is 1. The molecule has 0 aliphatic heterocycles. The van der Waals surface area contributed by atoms with Gasteiger partial charge in [0, 0.05) is 6.54 Å². The number of carbonyl (C=O) groups is 1. The molecule has 0 unspecified atom stereocenters. The fraction of sp³-hybridized carbons (Fsp3) is 0.500. The third-order valence-electron chi connectivity index (χ3n) is 2.76. The van der Waals surface area contributed by atoms with E-state index in [1.165, 1.54) is 0 Å². The van der Waals surface area contributed by atoms with Gasteiger partial charge < -0.3 is 5.32 Å². The maximum absolute atomic E-state index is 12.9. The van der Waals surface area contributed by atoms with E-state index < -0.39 is 5.82 Å². The molecule has 1 aromatic heterocycles. The molecular formula is C12H16ClFN2O. The molecule has 0 fully saturated rings. The SMILES string of the molecule is CCC(CC)CNC(=O)c1cc(F)cnc1Cl. The topological polar surface area (TPSA) is 42.0 Å². The third-order valence-corrected chi connectivity index (χ3v) is 3.06. The van der Waals surface area contributed by atoms with Crippen LogP contribution in [0.4, 0.5) is 4.39 Å². The number of amides is 1. The fourth-order valence-corrected chi connectivity index (χ4v) is 1.68. The zero-order valence-electron chi connectivity index (χ0n) is 9.96. The van der Waals surface area contributed by atoms with E-state index in [4.69, 9.17) is 11.6 Å². The van der Waals surface area contributed by atoms with Crippen molar-refractivity contribution in [2.24, 2.45) is 5.92 Å². The Hall–Kier alpha value is -1.16. The van der Waals surface area contributed by atoms with Crippen LogP contribution in [0.5, 0.6) is 0 Å². The lowest BCUT2D eigenvalue weighted by atomic mass is 10.0. The number of hydrogen-bond acceptors (Lipinski definition) is 2. The summed E-state index contributed by atoms with van der Waals surface area (Å²) in [7, 11) is 0. The van der Waals surface area contributed by atoms with E-state index in [-0.39, 0.29) is 16.6 Å². The molecule has 1 N–H and O–H groups in total. The summed E-state index contributed by atoms with van der Waals surface area (Å²) in [5, 5.41) is 2.76. The predicted molar refractivity (Wildman–Crippen MR) is 65.6 cm³/mol. The fourth-order valence-electron chi connectivity index (χ4n) is 1.49. The molecule has 0 atom stereocenters. The van der Waals surface area contributed by atoms with E-state index in [1.807, 2.05) is 0 Å². The zero-order valence-corrected chi connectivity index (χ0v) is 10.7. The van der Waals surface area contributed by atoms with E-state index in [0.717, 1.165) is 25.1 Å². The van der Waals surface area contributed by atoms with Gasteiger partial charge in [0.25, 0.3) is 5.91 Å². The van der Waals surface area contributed by atoms with Gasteiger partial charge in [0.2, 0.25) is 0 Å². The average Bonchev–Trinajstić information content (AvgIpc) is 2.33. The number of rotatable bonds is 5. The minimum absolute atomic E-state index is 0.0217. The maximum atomic E-state index is 12.9. The molecule has 0 saturated heterocycles. The Morgan fingerprint density at radius 1 is 1.53 bits per heavy atom. The molecule has 0 aliphatic rings. The van der Waals surface area contributed by atoms with Crippen molar-refractivity contribution in [1.29, 1.82) is 0 Å². The standard InChI is InChI=1S/C12H16ClFN2O/c1-3-8(4-2)6-16-12(17)10-5-9(14)7-15-11(10)13/h5,7-8H,3-4,6H2,1-2H3,(H,16,17). The lowest BCUT2D eigenvalue weighted by Crippen LogP contribution is -2.29. The maximum Gasteiger partial charge on any atom is 0.254 e. The van der Waals surface area contributed by atoms with Gasteiger partial charge in [0.1, 0.15) is 11.0 Å². The number of nitrogens with zero attached hydrogens (tertiary/aromatic N) is 1. The lowest BCUT2D eigenvalue weighted by Gasteiger charge is -2.13. The van der Waals surface area contributed by atoms with Crippen LogP contribution in [0, 0.1) is 11.7 Å². The molecule has 5 heteroatoms. The Morgan fingerprint density at radius 2 is 2.18 bits per heavy atom. The highest BCUT2D eigenvalue weighted by atomic mass is 35.5. The summed E-state index contributed by atoms with van der Waals surface area (Å²) in [6.45, 7) is 4.70. The Morgan fingerprint density at radius 3 is 2.76 bits per heavy atom. The average molecular weight is 259 g/mol. The number of hydrogen-bond donors (Lipinski definition) is 1. The summed E-state index contributed by atoms with van der Waals surface area (Å²) in [6, 6.07) is 1.09. The van der Waals surface area contributed by atoms with E-state index in [2.05, 4.69) is 24.1 Å². The van der Waals surface area contributed by atoms with Gasteiger partial charge in [-0.3, -0.25) is 4.79 Å². The van der Waals surface area contributed by atoms with Crippen molar-refractivity contribution in [1.82, 2.24) is 10.3 Å². The van der Waals surface area contributed by atoms with Crippen LogP contribution in [0.3, 0.4) is 0 Å². The Kier molecular flexibility index (Phi) is 5.35. The summed E-state index contributed by atoms with van der Waals surface area (Å²) in [6.07, 6.45) is 2.97. The second-order valence-electron chi connectivity index (χ2n) is 3.88. The third kappa shape index (κ3) is 3.97. The molecule has 3 nitrogen and oxygen atoms in total. The highest BCUT2D eigenvalue weighted by Gasteiger charge is 2.13. The van der Waals surface area contributed by atoms with Crippen LogP contribution in [0.2, 0.25) is 5.15 Å². The van der Waals surface area contributed by atoms with Crippen LogP contribution >= 0.6 is 11.6 Å². The van der Waals surface area contributed by atoms with Gasteiger partial charge >= 0.3 is 0 Å². The summed E-state index contributed by atoms with van der Waals surface area (Å²) >= 11 is 5.74. The molecule has 1 heterocycles. The van der Waals surface area contributed by atoms with Gasteiger partial charge in [-0.2, -0.15) is 0 Å². The quantitative estimate of drug-likeness (QED) is 0.825. The molecule has 17 heavy (non-hydrogen) atoms. The summed E-state index contributed by atoms with van der Waals surface area (Å²) in [4.78, 5) is 15.3. The van der Waals surface area contributed by atoms with Gasteiger partial charge in [-0.25, -0.2) is 9.37 Å². The van der Waals surface area contributed by atoms with Crippen LogP contribution < -0.4 is 5.32 Å². The Bertz CT molecular complexity index is 394. The van der Waals surface area contributed by atoms with E-state index in [0.29, 0.717) is 12.5 Å². The molecule has 0 spiro atoms. The van der Waals surface area contributed by atoms with Crippen LogP contribution in [0.1, 0.15) is 37.0 Å². The van der Waals surface area contributed by atoms with E-state index in [1.54, 1.807) is 0 Å². The van der Waals surface area contributed by atoms with Crippen LogP contribution in [0.15, 0.2) is 12.3 Å². The summed E-state index contributed by atoms with van der Waals surface area (Å²) in [5.41, 5.74) is 0.0811. The first-order valence-corrected chi connectivity index (χ1v) is 6.05. The summed E-state index contributed by atoms with van der Waals surface area (Å²) < 4.78 is 12.9. The highest BCUT2D eigenvalue weighted by Crippen LogP contribution is 2.14. The van der Waals surface area contributed by atoms with Crippen molar-refractivity contribution in [3.05, 3.63) is 28.8 Å². The minimum Gasteiger partial charge on any atom is -0.352 e. The predicted octanol–water partition coefficient (Wildman–Crippen LogP) is 3.04. The number of aromatic nitrogens is 1. The molecular weight excluding hydrogens is 243 g/mol. The first kappa shape index (κ1) is 13.9. The first-order valence-electron chi connectivity index (χ1n) is 5.67. The molecule has 94 valence electrons. The van der Waals surface area contributed by atoms with Gasteiger partial charge in [-0.05, 0) is 12.0 Å². The molecule has 0 saturated carbocycles. The Balaban J connectivity index is 2.66. The molecule has 1 aromatic rings. The molecule has 0 radical (unpaired) electrons. The molecule has 1 rings (SSSR count). The highest BCUT2D eigenvalue weighted by molar-refractivity contribution is 6.32. The lowest BCUT2D eigenvalue weighted by molar-refractivity contribution is 0.0945. The summed E-state index contributed by atoms with van der Waals surface area (Å²) in [5.74, 6) is -0.518. The van der Waals surface area contributed by atoms with Crippen molar-refractivity contribution < 1.29 is 9.18 Å². The van der Waals surface area contributed by atoms with Gasteiger partial charge in [0.05, 0.1) is 11.8 Å². The largest absolute Gasteiger partial charge is 0.352 e. The minimum atomic E-state index is -0.568. The second kappa shape index (κ2) is 6.55. The van der Waals surface area contributed by atoms with Crippen molar-refractivity contribution in [2.45, 2.75) is 26.7 Å². The van der Waals surface area contributed by atoms with Gasteiger partial charge in [0.15, 0.2) is 0 Å². The van der Waals surface area contributed by atoms with Crippen LogP contribution in [-0.2, 0) is 0 Å². The van der Waals surface area contributed by atoms with Crippen LogP contribution in [-0.4, -0.2) is 17.4 Å². The molecule has 0 aliphatic carbocycles. The van der Waals surface area contributed by atoms with Crippen molar-refractivity contribution in [3.8, 4) is 0 Å². The van der Waals surface area contributed by atoms with Crippen molar-refractivity contribution >= 4 is 17.5 Å². The van der Waals surface area contributed by atoms with E-state index >= 15 is 0 Å². The van der Waals surface area contributed by atoms with Crippen molar-refractivity contribution in [2.75, 3.05) is 6.54 Å². The zero-order chi connectivity index (χ0) is 12.8. The van der Waals surface area contributed by atoms with Gasteiger partial charge in [-0.15, -0.1) is 0 Å². The smallest absolute Gasteiger partial charge is 0.254 e. The van der Waals surface area contributed by atoms with Gasteiger partial charge in [-0.1, -0.05) is 38.3 Å². The molecule has 0 aromatic carbocycles. The van der Waals surface area contributed by atoms with E-state index in [9.17, 15) is 9.18 Å². The van der Waals surface area contributed by atoms with Crippen molar-refractivity contribution in [3.63, 3.8) is 0 Å². The molecule has 1 amide bonds. The molecule has 0 bridgehead atoms.